The molecule has 1 aromatic rings. The molecule has 0 aliphatic carbocycles. The van der Waals surface area contributed by atoms with Gasteiger partial charge in [0.05, 0.1) is 17.5 Å². The zero-order chi connectivity index (χ0) is 14.4. The molecule has 0 bridgehead atoms. The van der Waals surface area contributed by atoms with E-state index in [0.29, 0.717) is 16.8 Å². The SMILES string of the molecule is CC(=CCC#N)C(=O)N=Nc1cc(C)c(O)cc1Cl. The zero-order valence-corrected chi connectivity index (χ0v) is 11.3. The lowest BCUT2D eigenvalue weighted by Crippen LogP contribution is -1.93. The van der Waals surface area contributed by atoms with E-state index < -0.39 is 5.91 Å². The summed E-state index contributed by atoms with van der Waals surface area (Å²) >= 11 is 5.87. The standard InChI is InChI=1S/C13H12ClN3O2/c1-8(4-3-5-15)13(19)17-16-11-6-9(2)12(18)7-10(11)14/h4,6-7,18H,3H2,1-2H3. The normalized spacial score (nSPS) is 11.6. The van der Waals surface area contributed by atoms with Crippen LogP contribution in [0.15, 0.2) is 34.0 Å². The van der Waals surface area contributed by atoms with Gasteiger partial charge in [0.2, 0.25) is 0 Å². The molecule has 0 saturated carbocycles. The molecule has 0 unspecified atom stereocenters. The maximum absolute atomic E-state index is 11.6. The molecule has 0 heterocycles. The third kappa shape index (κ3) is 4.19. The number of phenolic OH excluding ortho intramolecular Hbond substituents is 1. The molecule has 0 radical (unpaired) electrons. The molecule has 98 valence electrons. The highest BCUT2D eigenvalue weighted by atomic mass is 35.5. The van der Waals surface area contributed by atoms with Gasteiger partial charge in [-0.3, -0.25) is 4.79 Å². The van der Waals surface area contributed by atoms with Crippen LogP contribution in [0.3, 0.4) is 0 Å². The van der Waals surface area contributed by atoms with E-state index in [1.54, 1.807) is 13.8 Å². The number of aryl methyl sites for hydroxylation is 1. The fraction of sp³-hybridized carbons (Fsp3) is 0.231. The Morgan fingerprint density at radius 3 is 2.89 bits per heavy atom. The van der Waals surface area contributed by atoms with Crippen LogP contribution in [0.5, 0.6) is 5.75 Å². The van der Waals surface area contributed by atoms with Gasteiger partial charge in [0.1, 0.15) is 11.4 Å². The molecular formula is C13H12ClN3O2. The van der Waals surface area contributed by atoms with E-state index >= 15 is 0 Å². The maximum Gasteiger partial charge on any atom is 0.290 e. The van der Waals surface area contributed by atoms with Gasteiger partial charge in [-0.05, 0) is 25.5 Å². The van der Waals surface area contributed by atoms with Crippen LogP contribution in [0.2, 0.25) is 5.02 Å². The van der Waals surface area contributed by atoms with Crippen molar-refractivity contribution in [1.29, 1.82) is 5.26 Å². The Morgan fingerprint density at radius 2 is 2.26 bits per heavy atom. The van der Waals surface area contributed by atoms with Crippen molar-refractivity contribution in [2.75, 3.05) is 0 Å². The van der Waals surface area contributed by atoms with Gasteiger partial charge in [-0.2, -0.15) is 5.26 Å². The first kappa shape index (κ1) is 14.9. The topological polar surface area (TPSA) is 85.8 Å². The first-order valence-electron chi connectivity index (χ1n) is 5.44. The van der Waals surface area contributed by atoms with Gasteiger partial charge in [0.15, 0.2) is 0 Å². The second-order valence-electron chi connectivity index (χ2n) is 3.84. The number of nitrogens with zero attached hydrogens (tertiary/aromatic N) is 3. The van der Waals surface area contributed by atoms with Crippen LogP contribution in [-0.4, -0.2) is 11.0 Å². The summed E-state index contributed by atoms with van der Waals surface area (Å²) in [4.78, 5) is 11.6. The first-order valence-corrected chi connectivity index (χ1v) is 5.82. The Balaban J connectivity index is 2.91. The van der Waals surface area contributed by atoms with Gasteiger partial charge in [0.25, 0.3) is 5.91 Å². The highest BCUT2D eigenvalue weighted by molar-refractivity contribution is 6.33. The smallest absolute Gasteiger partial charge is 0.290 e. The summed E-state index contributed by atoms with van der Waals surface area (Å²) in [5, 5.41) is 25.3. The molecule has 1 rings (SSSR count). The molecule has 0 saturated heterocycles. The average molecular weight is 278 g/mol. The molecule has 0 fully saturated rings. The molecule has 19 heavy (non-hydrogen) atoms. The molecular weight excluding hydrogens is 266 g/mol. The molecule has 0 atom stereocenters. The number of amides is 1. The number of aromatic hydroxyl groups is 1. The lowest BCUT2D eigenvalue weighted by atomic mass is 10.2. The van der Waals surface area contributed by atoms with Crippen LogP contribution in [0.1, 0.15) is 18.9 Å². The van der Waals surface area contributed by atoms with Crippen molar-refractivity contribution in [2.24, 2.45) is 10.2 Å². The van der Waals surface area contributed by atoms with E-state index in [9.17, 15) is 9.90 Å². The predicted molar refractivity (Wildman–Crippen MR) is 71.4 cm³/mol. The summed E-state index contributed by atoms with van der Waals surface area (Å²) in [6.45, 7) is 3.24. The number of carbonyl (C=O) groups is 1. The largest absolute Gasteiger partial charge is 0.508 e. The average Bonchev–Trinajstić information content (AvgIpc) is 2.38. The summed E-state index contributed by atoms with van der Waals surface area (Å²) in [5.74, 6) is -0.475. The van der Waals surface area contributed by atoms with Crippen molar-refractivity contribution >= 4 is 23.2 Å². The maximum atomic E-state index is 11.6. The third-order valence-electron chi connectivity index (χ3n) is 2.35. The van der Waals surface area contributed by atoms with E-state index in [2.05, 4.69) is 10.2 Å². The number of phenols is 1. The predicted octanol–water partition coefficient (Wildman–Crippen LogP) is 3.82. The van der Waals surface area contributed by atoms with E-state index in [1.165, 1.54) is 18.2 Å². The first-order chi connectivity index (χ1) is 8.95. The summed E-state index contributed by atoms with van der Waals surface area (Å²) in [7, 11) is 0. The van der Waals surface area contributed by atoms with E-state index in [1.807, 2.05) is 6.07 Å². The van der Waals surface area contributed by atoms with Crippen LogP contribution in [-0.2, 0) is 4.79 Å². The number of carbonyl (C=O) groups excluding carboxylic acids is 1. The van der Waals surface area contributed by atoms with Crippen molar-refractivity contribution in [1.82, 2.24) is 0 Å². The number of halogens is 1. The fourth-order valence-corrected chi connectivity index (χ4v) is 1.39. The number of nitriles is 1. The number of rotatable bonds is 3. The van der Waals surface area contributed by atoms with Crippen LogP contribution < -0.4 is 0 Å². The quantitative estimate of drug-likeness (QED) is 0.673. The summed E-state index contributed by atoms with van der Waals surface area (Å²) in [6.07, 6.45) is 1.62. The molecule has 0 aliphatic heterocycles. The van der Waals surface area contributed by atoms with E-state index in [0.717, 1.165) is 0 Å². The minimum Gasteiger partial charge on any atom is -0.508 e. The molecule has 1 N–H and O–H groups in total. The lowest BCUT2D eigenvalue weighted by Gasteiger charge is -2.01. The van der Waals surface area contributed by atoms with E-state index in [-0.39, 0.29) is 17.2 Å². The minimum absolute atomic E-state index is 0.0559. The van der Waals surface area contributed by atoms with Crippen LogP contribution in [0, 0.1) is 18.3 Å². The number of allylic oxidation sites excluding steroid dienone is 1. The van der Waals surface area contributed by atoms with Gasteiger partial charge in [-0.15, -0.1) is 10.2 Å². The Bertz CT molecular complexity index is 601. The third-order valence-corrected chi connectivity index (χ3v) is 2.65. The zero-order valence-electron chi connectivity index (χ0n) is 10.5. The van der Waals surface area contributed by atoms with Gasteiger partial charge in [-0.25, -0.2) is 0 Å². The van der Waals surface area contributed by atoms with Crippen LogP contribution in [0.25, 0.3) is 0 Å². The van der Waals surface area contributed by atoms with Gasteiger partial charge in [0, 0.05) is 11.6 Å². The highest BCUT2D eigenvalue weighted by Gasteiger charge is 2.06. The number of benzene rings is 1. The fourth-order valence-electron chi connectivity index (χ4n) is 1.20. The van der Waals surface area contributed by atoms with Crippen molar-refractivity contribution in [3.8, 4) is 11.8 Å². The Labute approximate surface area is 115 Å². The summed E-state index contributed by atoms with van der Waals surface area (Å²) in [6, 6.07) is 4.77. The minimum atomic E-state index is -0.531. The molecule has 1 amide bonds. The number of azo groups is 1. The van der Waals surface area contributed by atoms with Crippen molar-refractivity contribution < 1.29 is 9.90 Å². The van der Waals surface area contributed by atoms with Crippen LogP contribution in [0.4, 0.5) is 5.69 Å². The second-order valence-corrected chi connectivity index (χ2v) is 4.25. The van der Waals surface area contributed by atoms with Crippen molar-refractivity contribution in [3.05, 3.63) is 34.4 Å². The molecule has 5 nitrogen and oxygen atoms in total. The highest BCUT2D eigenvalue weighted by Crippen LogP contribution is 2.31. The Morgan fingerprint density at radius 1 is 1.58 bits per heavy atom. The van der Waals surface area contributed by atoms with Gasteiger partial charge < -0.3 is 5.11 Å². The number of hydrogen-bond acceptors (Lipinski definition) is 4. The second kappa shape index (κ2) is 6.66. The summed E-state index contributed by atoms with van der Waals surface area (Å²) < 4.78 is 0. The van der Waals surface area contributed by atoms with Gasteiger partial charge >= 0.3 is 0 Å². The monoisotopic (exact) mass is 277 g/mol. The Hall–Kier alpha value is -2.19. The van der Waals surface area contributed by atoms with Crippen molar-refractivity contribution in [2.45, 2.75) is 20.3 Å². The molecule has 6 heteroatoms. The molecule has 0 spiro atoms. The van der Waals surface area contributed by atoms with Gasteiger partial charge in [-0.1, -0.05) is 17.7 Å². The van der Waals surface area contributed by atoms with Crippen LogP contribution >= 0.6 is 11.6 Å². The van der Waals surface area contributed by atoms with Crippen molar-refractivity contribution in [3.63, 3.8) is 0 Å². The molecule has 1 aromatic carbocycles. The molecule has 0 aliphatic rings. The number of hydrogen-bond donors (Lipinski definition) is 1. The summed E-state index contributed by atoms with van der Waals surface area (Å²) in [5.41, 5.74) is 1.23. The Kier molecular flexibility index (Phi) is 5.22. The molecule has 0 aromatic heterocycles. The van der Waals surface area contributed by atoms with E-state index in [4.69, 9.17) is 16.9 Å². The lowest BCUT2D eigenvalue weighted by molar-refractivity contribution is -0.114.